The maximum Gasteiger partial charge on any atom is 0.168 e. The van der Waals surface area contributed by atoms with Crippen molar-refractivity contribution < 1.29 is 0 Å². The first kappa shape index (κ1) is 14.8. The summed E-state index contributed by atoms with van der Waals surface area (Å²) in [6, 6.07) is 5.52. The molecule has 1 heterocycles. The molecule has 2 rings (SSSR count). The summed E-state index contributed by atoms with van der Waals surface area (Å²) in [5, 5.41) is 2.20. The fourth-order valence-corrected chi connectivity index (χ4v) is 3.39. The van der Waals surface area contributed by atoms with E-state index in [-0.39, 0.29) is 5.54 Å². The molecule has 2 nitrogen and oxygen atoms in total. The van der Waals surface area contributed by atoms with Gasteiger partial charge in [0.05, 0.1) is 16.2 Å². The number of rotatable bonds is 1. The van der Waals surface area contributed by atoms with Gasteiger partial charge in [0.1, 0.15) is 0 Å². The fourth-order valence-electron chi connectivity index (χ4n) is 2.15. The van der Waals surface area contributed by atoms with Crippen LogP contribution in [0.3, 0.4) is 0 Å². The summed E-state index contributed by atoms with van der Waals surface area (Å²) in [6.45, 7) is 6.25. The first-order valence-electron chi connectivity index (χ1n) is 5.92. The number of halogens is 2. The third kappa shape index (κ3) is 3.10. The number of hydrogen-bond donors (Lipinski definition) is 0. The molecule has 1 aromatic carbocycles. The molecule has 0 saturated heterocycles. The summed E-state index contributed by atoms with van der Waals surface area (Å²) in [5.41, 5.74) is 1.84. The smallest absolute Gasteiger partial charge is 0.168 e. The largest absolute Gasteiger partial charge is 0.293 e. The summed E-state index contributed by atoms with van der Waals surface area (Å²) in [6.07, 6.45) is 4.15. The van der Waals surface area contributed by atoms with E-state index in [9.17, 15) is 0 Å². The molecule has 0 fully saturated rings. The van der Waals surface area contributed by atoms with Crippen LogP contribution >= 0.6 is 35.0 Å². The quantitative estimate of drug-likeness (QED) is 0.706. The Morgan fingerprint density at radius 1 is 1.26 bits per heavy atom. The molecule has 0 unspecified atom stereocenters. The van der Waals surface area contributed by atoms with Crippen LogP contribution in [0.5, 0.6) is 0 Å². The van der Waals surface area contributed by atoms with Crippen LogP contribution in [-0.4, -0.2) is 17.0 Å². The van der Waals surface area contributed by atoms with Crippen LogP contribution in [0, 0.1) is 0 Å². The van der Waals surface area contributed by atoms with E-state index in [1.54, 1.807) is 17.8 Å². The van der Waals surface area contributed by atoms with Gasteiger partial charge in [0.25, 0.3) is 0 Å². The minimum absolute atomic E-state index is 0.183. The number of allylic oxidation sites excluding steroid dienone is 1. The van der Waals surface area contributed by atoms with E-state index in [1.807, 2.05) is 18.4 Å². The fraction of sp³-hybridized carbons (Fsp3) is 0.357. The number of hydrogen-bond acceptors (Lipinski definition) is 3. The van der Waals surface area contributed by atoms with Crippen molar-refractivity contribution in [2.24, 2.45) is 4.99 Å². The van der Waals surface area contributed by atoms with Gasteiger partial charge in [0.15, 0.2) is 5.17 Å². The second-order valence-corrected chi connectivity index (χ2v) is 6.59. The van der Waals surface area contributed by atoms with Crippen molar-refractivity contribution in [1.82, 2.24) is 0 Å². The van der Waals surface area contributed by atoms with Gasteiger partial charge >= 0.3 is 0 Å². The van der Waals surface area contributed by atoms with Gasteiger partial charge in [0, 0.05) is 10.7 Å². The number of nitrogens with zero attached hydrogens (tertiary/aromatic N) is 2. The van der Waals surface area contributed by atoms with Crippen LogP contribution in [0.25, 0.3) is 0 Å². The van der Waals surface area contributed by atoms with Crippen molar-refractivity contribution >= 4 is 45.8 Å². The van der Waals surface area contributed by atoms with E-state index < -0.39 is 0 Å². The molecule has 0 aromatic heterocycles. The number of anilines is 1. The summed E-state index contributed by atoms with van der Waals surface area (Å²) in [5.74, 6) is 0. The molecule has 0 N–H and O–H groups in total. The van der Waals surface area contributed by atoms with Gasteiger partial charge < -0.3 is 0 Å². The third-order valence-corrected chi connectivity index (χ3v) is 4.00. The van der Waals surface area contributed by atoms with Crippen molar-refractivity contribution in [2.75, 3.05) is 11.2 Å². The minimum Gasteiger partial charge on any atom is -0.293 e. The number of aliphatic imine (C=N–C) groups is 1. The van der Waals surface area contributed by atoms with Gasteiger partial charge in [-0.3, -0.25) is 9.89 Å². The first-order chi connectivity index (χ1) is 8.84. The number of benzene rings is 1. The summed E-state index contributed by atoms with van der Waals surface area (Å²) < 4.78 is 0. The Kier molecular flexibility index (Phi) is 4.19. The zero-order chi connectivity index (χ0) is 14.2. The maximum absolute atomic E-state index is 6.30. The van der Waals surface area contributed by atoms with Crippen molar-refractivity contribution in [2.45, 2.75) is 26.3 Å². The second kappa shape index (κ2) is 5.39. The molecule has 0 bridgehead atoms. The van der Waals surface area contributed by atoms with Crippen molar-refractivity contribution in [1.29, 1.82) is 0 Å². The molecular formula is C14H16Cl2N2S. The molecule has 0 amide bonds. The molecule has 0 radical (unpaired) electrons. The highest BCUT2D eigenvalue weighted by atomic mass is 35.5. The zero-order valence-corrected chi connectivity index (χ0v) is 13.7. The molecular weight excluding hydrogens is 299 g/mol. The Hall–Kier alpha value is -0.640. The second-order valence-electron chi connectivity index (χ2n) is 4.97. The number of amidine groups is 1. The van der Waals surface area contributed by atoms with Gasteiger partial charge in [-0.15, -0.1) is 0 Å². The van der Waals surface area contributed by atoms with Crippen LogP contribution in [-0.2, 0) is 0 Å². The lowest BCUT2D eigenvalue weighted by molar-refractivity contribution is 0.642. The standard InChI is InChI=1S/C14H16Cl2N2S/c1-9-8-14(2,3)17-13(19-4)18(9)12-6-5-10(15)7-11(12)16/h5-8H,1-4H3. The Labute approximate surface area is 128 Å². The Balaban J connectivity index is 2.52. The molecule has 102 valence electrons. The Morgan fingerprint density at radius 2 is 1.95 bits per heavy atom. The van der Waals surface area contributed by atoms with E-state index in [0.29, 0.717) is 10.0 Å². The van der Waals surface area contributed by atoms with Crippen LogP contribution in [0.2, 0.25) is 10.0 Å². The normalized spacial score (nSPS) is 18.1. The molecule has 0 spiro atoms. The number of thioether (sulfide) groups is 1. The maximum atomic E-state index is 6.30. The highest BCUT2D eigenvalue weighted by Crippen LogP contribution is 2.36. The molecule has 1 aliphatic rings. The van der Waals surface area contributed by atoms with E-state index in [4.69, 9.17) is 28.2 Å². The summed E-state index contributed by atoms with van der Waals surface area (Å²) in [7, 11) is 0. The van der Waals surface area contributed by atoms with Crippen LogP contribution in [0.4, 0.5) is 5.69 Å². The van der Waals surface area contributed by atoms with Crippen molar-refractivity contribution in [3.05, 3.63) is 40.0 Å². The molecule has 1 aromatic rings. The predicted molar refractivity (Wildman–Crippen MR) is 87.7 cm³/mol. The Bertz CT molecular complexity index is 565. The zero-order valence-electron chi connectivity index (χ0n) is 11.4. The topological polar surface area (TPSA) is 15.6 Å². The van der Waals surface area contributed by atoms with E-state index in [2.05, 4.69) is 31.7 Å². The first-order valence-corrected chi connectivity index (χ1v) is 7.90. The molecule has 0 saturated carbocycles. The molecule has 1 aliphatic heterocycles. The predicted octanol–water partition coefficient (Wildman–Crippen LogP) is 5.21. The van der Waals surface area contributed by atoms with Gasteiger partial charge in [-0.2, -0.15) is 0 Å². The van der Waals surface area contributed by atoms with Crippen molar-refractivity contribution in [3.63, 3.8) is 0 Å². The summed E-state index contributed by atoms with van der Waals surface area (Å²) >= 11 is 13.9. The van der Waals surface area contributed by atoms with Crippen molar-refractivity contribution in [3.8, 4) is 0 Å². The van der Waals surface area contributed by atoms with E-state index in [1.165, 1.54) is 0 Å². The highest BCUT2D eigenvalue weighted by Gasteiger charge is 2.27. The highest BCUT2D eigenvalue weighted by molar-refractivity contribution is 8.13. The van der Waals surface area contributed by atoms with Gasteiger partial charge in [0.2, 0.25) is 0 Å². The van der Waals surface area contributed by atoms with Crippen LogP contribution < -0.4 is 4.90 Å². The lowest BCUT2D eigenvalue weighted by Gasteiger charge is -2.34. The molecule has 19 heavy (non-hydrogen) atoms. The van der Waals surface area contributed by atoms with Gasteiger partial charge in [-0.1, -0.05) is 35.0 Å². The average Bonchev–Trinajstić information content (AvgIpc) is 2.29. The van der Waals surface area contributed by atoms with Gasteiger partial charge in [-0.05, 0) is 51.3 Å². The van der Waals surface area contributed by atoms with E-state index >= 15 is 0 Å². The average molecular weight is 315 g/mol. The third-order valence-electron chi connectivity index (χ3n) is 2.82. The Morgan fingerprint density at radius 3 is 2.53 bits per heavy atom. The van der Waals surface area contributed by atoms with Gasteiger partial charge in [-0.25, -0.2) is 0 Å². The lowest BCUT2D eigenvalue weighted by atomic mass is 10.0. The SMILES string of the molecule is CSC1=NC(C)(C)C=C(C)N1c1ccc(Cl)cc1Cl. The summed E-state index contributed by atoms with van der Waals surface area (Å²) in [4.78, 5) is 6.81. The molecule has 0 aliphatic carbocycles. The van der Waals surface area contributed by atoms with Crippen LogP contribution in [0.15, 0.2) is 35.0 Å². The monoisotopic (exact) mass is 314 g/mol. The van der Waals surface area contributed by atoms with Crippen LogP contribution in [0.1, 0.15) is 20.8 Å². The minimum atomic E-state index is -0.183. The molecule has 5 heteroatoms. The lowest BCUT2D eigenvalue weighted by Crippen LogP contribution is -2.35. The molecule has 0 atom stereocenters. The van der Waals surface area contributed by atoms with E-state index in [0.717, 1.165) is 16.6 Å².